The maximum Gasteiger partial charge on any atom is 2.00 e. The molecular formula is C21H35N3O4Pt. The fourth-order valence-electron chi connectivity index (χ4n) is 3.75. The van der Waals surface area contributed by atoms with E-state index in [1.54, 1.807) is 0 Å². The second-order valence-corrected chi connectivity index (χ2v) is 7.86. The van der Waals surface area contributed by atoms with Crippen molar-refractivity contribution in [2.45, 2.75) is 76.4 Å². The van der Waals surface area contributed by atoms with E-state index in [0.29, 0.717) is 19.0 Å². The van der Waals surface area contributed by atoms with Gasteiger partial charge in [0.2, 0.25) is 0 Å². The molecular weight excluding hydrogens is 553 g/mol. The Morgan fingerprint density at radius 3 is 2.17 bits per heavy atom. The maximum absolute atomic E-state index is 11.2. The molecule has 0 amide bonds. The van der Waals surface area contributed by atoms with Crippen molar-refractivity contribution in [2.24, 2.45) is 16.9 Å². The third-order valence-electron chi connectivity index (χ3n) is 5.77. The van der Waals surface area contributed by atoms with Gasteiger partial charge in [-0.1, -0.05) is 31.1 Å². The van der Waals surface area contributed by atoms with Crippen molar-refractivity contribution in [3.63, 3.8) is 0 Å². The van der Waals surface area contributed by atoms with E-state index >= 15 is 0 Å². The number of allylic oxidation sites excluding steroid dienone is 1. The molecule has 0 aromatic rings. The van der Waals surface area contributed by atoms with Gasteiger partial charge >= 0.3 is 21.1 Å². The van der Waals surface area contributed by atoms with Crippen molar-refractivity contribution in [1.82, 2.24) is 4.90 Å². The number of rotatable bonds is 8. The van der Waals surface area contributed by atoms with Crippen molar-refractivity contribution in [3.05, 3.63) is 24.8 Å². The minimum atomic E-state index is -1.96. The number of hydrogen-bond donors (Lipinski definition) is 2. The third kappa shape index (κ3) is 8.71. The first-order valence-electron chi connectivity index (χ1n) is 10.2. The first-order valence-corrected chi connectivity index (χ1v) is 10.2. The number of nitrogens with two attached hydrogens (primary N) is 2. The number of carbonyl (C=O) groups is 2. The second-order valence-electron chi connectivity index (χ2n) is 7.86. The standard InChI is InChI=1S/C15H23NO4.C6H14N2.Pt/c1-3-8-15(13(17)18,14(19)20)9-6-11-16-10-5-4-7-12(16)2;7-5-3-1-2-4-6(5)8;/h3-4,7,12H,1,5-6,8-11H2,2H3,(H,17,18)(H,19,20);5-6H,1-4,7-8H2;/q;;+2/p-2. The summed E-state index contributed by atoms with van der Waals surface area (Å²) in [5.74, 6) is -3.19. The van der Waals surface area contributed by atoms with Crippen LogP contribution in [0.2, 0.25) is 0 Å². The number of nitrogens with zero attached hydrogens (tertiary/aromatic N) is 1. The largest absolute Gasteiger partial charge is 2.00 e. The maximum atomic E-state index is 11.2. The molecule has 0 saturated heterocycles. The number of carbonyl (C=O) groups excluding carboxylic acids is 2. The summed E-state index contributed by atoms with van der Waals surface area (Å²) < 4.78 is 0. The molecule has 8 heteroatoms. The molecule has 0 spiro atoms. The van der Waals surface area contributed by atoms with Crippen LogP contribution in [0.15, 0.2) is 24.8 Å². The van der Waals surface area contributed by atoms with E-state index in [2.05, 4.69) is 30.6 Å². The van der Waals surface area contributed by atoms with E-state index in [0.717, 1.165) is 25.8 Å². The Labute approximate surface area is 188 Å². The van der Waals surface area contributed by atoms with Crippen LogP contribution in [0, 0.1) is 5.41 Å². The quantitative estimate of drug-likeness (QED) is 0.294. The van der Waals surface area contributed by atoms with E-state index in [-0.39, 0.29) is 46.0 Å². The molecule has 0 aromatic carbocycles. The Hall–Kier alpha value is -1.01. The molecule has 7 nitrogen and oxygen atoms in total. The Bertz CT molecular complexity index is 532. The molecule has 1 fully saturated rings. The van der Waals surface area contributed by atoms with E-state index in [1.165, 1.54) is 18.9 Å². The smallest absolute Gasteiger partial charge is 0.549 e. The van der Waals surface area contributed by atoms with Crippen LogP contribution in [0.3, 0.4) is 0 Å². The van der Waals surface area contributed by atoms with Gasteiger partial charge in [0.1, 0.15) is 0 Å². The Morgan fingerprint density at radius 2 is 1.76 bits per heavy atom. The van der Waals surface area contributed by atoms with E-state index < -0.39 is 17.4 Å². The van der Waals surface area contributed by atoms with Gasteiger partial charge in [0.05, 0.1) is 17.4 Å². The van der Waals surface area contributed by atoms with Crippen LogP contribution >= 0.6 is 0 Å². The average Bonchev–Trinajstić information content (AvgIpc) is 2.65. The summed E-state index contributed by atoms with van der Waals surface area (Å²) in [6.45, 7) is 7.04. The van der Waals surface area contributed by atoms with Crippen LogP contribution in [-0.2, 0) is 30.7 Å². The van der Waals surface area contributed by atoms with Crippen molar-refractivity contribution in [2.75, 3.05) is 13.1 Å². The summed E-state index contributed by atoms with van der Waals surface area (Å²) in [5.41, 5.74) is 9.34. The van der Waals surface area contributed by atoms with Crippen molar-refractivity contribution in [1.29, 1.82) is 0 Å². The predicted molar refractivity (Wildman–Crippen MR) is 106 cm³/mol. The van der Waals surface area contributed by atoms with Gasteiger partial charge in [0.15, 0.2) is 0 Å². The van der Waals surface area contributed by atoms with Crippen LogP contribution in [0.5, 0.6) is 0 Å². The van der Waals surface area contributed by atoms with Crippen LogP contribution < -0.4 is 21.7 Å². The molecule has 1 aliphatic heterocycles. The molecule has 4 N–H and O–H groups in total. The van der Waals surface area contributed by atoms with Crippen LogP contribution in [0.25, 0.3) is 0 Å². The number of aliphatic carboxylic acids is 2. The van der Waals surface area contributed by atoms with Crippen LogP contribution in [0.4, 0.5) is 0 Å². The van der Waals surface area contributed by atoms with Gasteiger partial charge < -0.3 is 31.3 Å². The molecule has 168 valence electrons. The summed E-state index contributed by atoms with van der Waals surface area (Å²) in [6.07, 6.45) is 11.5. The number of hydrogen-bond acceptors (Lipinski definition) is 7. The Kier molecular flexibility index (Phi) is 13.6. The second kappa shape index (κ2) is 14.1. The normalized spacial score (nSPS) is 24.6. The van der Waals surface area contributed by atoms with E-state index in [4.69, 9.17) is 11.5 Å². The summed E-state index contributed by atoms with van der Waals surface area (Å²) >= 11 is 0. The molecule has 1 saturated carbocycles. The zero-order chi connectivity index (χ0) is 21.2. The van der Waals surface area contributed by atoms with Gasteiger partial charge in [-0.05, 0) is 52.0 Å². The first kappa shape index (κ1) is 28.0. The fourth-order valence-corrected chi connectivity index (χ4v) is 3.75. The van der Waals surface area contributed by atoms with Crippen LogP contribution in [-0.4, -0.2) is 48.1 Å². The molecule has 29 heavy (non-hydrogen) atoms. The third-order valence-corrected chi connectivity index (χ3v) is 5.77. The van der Waals surface area contributed by atoms with Gasteiger partial charge in [-0.3, -0.25) is 4.90 Å². The molecule has 0 radical (unpaired) electrons. The minimum Gasteiger partial charge on any atom is -0.549 e. The Morgan fingerprint density at radius 1 is 1.21 bits per heavy atom. The summed E-state index contributed by atoms with van der Waals surface area (Å²) in [5, 5.41) is 22.4. The molecule has 2 rings (SSSR count). The van der Waals surface area contributed by atoms with Gasteiger partial charge in [-0.25, -0.2) is 0 Å². The fraction of sp³-hybridized carbons (Fsp3) is 0.714. The SMILES string of the molecule is C=CCC(CCCN1CCC=CC1C)(C(=O)[O-])C(=O)[O-].NC1CCCCC1N.[Pt+2]. The van der Waals surface area contributed by atoms with Crippen LogP contribution in [0.1, 0.15) is 58.3 Å². The van der Waals surface area contributed by atoms with Crippen molar-refractivity contribution >= 4 is 11.9 Å². The molecule has 3 unspecified atom stereocenters. The summed E-state index contributed by atoms with van der Waals surface area (Å²) in [4.78, 5) is 24.6. The molecule has 1 heterocycles. The van der Waals surface area contributed by atoms with Gasteiger partial charge in [-0.15, -0.1) is 6.58 Å². The molecule has 0 aromatic heterocycles. The monoisotopic (exact) mass is 588 g/mol. The van der Waals surface area contributed by atoms with E-state index in [9.17, 15) is 19.8 Å². The zero-order valence-corrected chi connectivity index (χ0v) is 19.6. The molecule has 2 aliphatic rings. The summed E-state index contributed by atoms with van der Waals surface area (Å²) in [7, 11) is 0. The molecule has 1 aliphatic carbocycles. The van der Waals surface area contributed by atoms with Gasteiger partial charge in [-0.2, -0.15) is 0 Å². The number of carboxylic acids is 2. The van der Waals surface area contributed by atoms with Gasteiger partial charge in [0, 0.05) is 24.7 Å². The van der Waals surface area contributed by atoms with Crippen molar-refractivity contribution < 1.29 is 40.9 Å². The summed E-state index contributed by atoms with van der Waals surface area (Å²) in [6, 6.07) is 0.857. The molecule has 3 atom stereocenters. The Balaban J connectivity index is 0.000000729. The zero-order valence-electron chi connectivity index (χ0n) is 17.3. The van der Waals surface area contributed by atoms with Gasteiger partial charge in [0.25, 0.3) is 0 Å². The first-order chi connectivity index (χ1) is 13.2. The van der Waals surface area contributed by atoms with Crippen molar-refractivity contribution in [3.8, 4) is 0 Å². The average molecular weight is 589 g/mol. The number of carboxylic acid groups (broad SMARTS) is 2. The topological polar surface area (TPSA) is 136 Å². The predicted octanol–water partition coefficient (Wildman–Crippen LogP) is -0.308. The minimum absolute atomic E-state index is 0. The molecule has 0 bridgehead atoms. The van der Waals surface area contributed by atoms with E-state index in [1.807, 2.05) is 0 Å².